The van der Waals surface area contributed by atoms with Gasteiger partial charge in [-0.2, -0.15) is 4.98 Å². The highest BCUT2D eigenvalue weighted by molar-refractivity contribution is 7.90. The van der Waals surface area contributed by atoms with Crippen LogP contribution in [0.15, 0.2) is 29.7 Å². The summed E-state index contributed by atoms with van der Waals surface area (Å²) in [5.74, 6) is 0.487. The van der Waals surface area contributed by atoms with Crippen molar-refractivity contribution in [2.24, 2.45) is 5.41 Å². The van der Waals surface area contributed by atoms with Gasteiger partial charge in [0.1, 0.15) is 5.65 Å². The predicted octanol–water partition coefficient (Wildman–Crippen LogP) is 3.39. The molecule has 3 aliphatic rings. The second-order valence-electron chi connectivity index (χ2n) is 10.2. The Balaban J connectivity index is 1.41. The van der Waals surface area contributed by atoms with E-state index >= 15 is 0 Å². The first-order valence-electron chi connectivity index (χ1n) is 12.0. The van der Waals surface area contributed by atoms with Gasteiger partial charge in [-0.15, -0.1) is 6.58 Å². The molecule has 1 N–H and O–H groups in total. The summed E-state index contributed by atoms with van der Waals surface area (Å²) in [6.45, 7) is 9.10. The second kappa shape index (κ2) is 8.20. The SMILES string of the molecule is C=C[C@]1(C)CCC[C@H]1n1c(=O)c(C)cc2cnc(NC3CCN(S(=O)(=O)C4CC4)CC3)nc21. The maximum absolute atomic E-state index is 13.3. The van der Waals surface area contributed by atoms with Crippen LogP contribution in [-0.4, -0.2) is 51.6 Å². The first-order chi connectivity index (χ1) is 15.7. The van der Waals surface area contributed by atoms with Crippen LogP contribution in [0.1, 0.15) is 63.5 Å². The monoisotopic (exact) mass is 471 g/mol. The highest BCUT2D eigenvalue weighted by Crippen LogP contribution is 2.47. The lowest BCUT2D eigenvalue weighted by Crippen LogP contribution is -2.43. The second-order valence-corrected chi connectivity index (χ2v) is 12.4. The molecule has 5 rings (SSSR count). The first-order valence-corrected chi connectivity index (χ1v) is 13.5. The van der Waals surface area contributed by atoms with E-state index in [1.54, 1.807) is 10.5 Å². The predicted molar refractivity (Wildman–Crippen MR) is 130 cm³/mol. The van der Waals surface area contributed by atoms with E-state index in [1.807, 2.05) is 23.6 Å². The number of nitrogens with one attached hydrogen (secondary N) is 1. The maximum Gasteiger partial charge on any atom is 0.255 e. The van der Waals surface area contributed by atoms with E-state index in [9.17, 15) is 13.2 Å². The molecule has 9 heteroatoms. The molecule has 0 bridgehead atoms. The van der Waals surface area contributed by atoms with Crippen LogP contribution in [0, 0.1) is 12.3 Å². The minimum Gasteiger partial charge on any atom is -0.351 e. The minimum absolute atomic E-state index is 0.00860. The quantitative estimate of drug-likeness (QED) is 0.649. The summed E-state index contributed by atoms with van der Waals surface area (Å²) in [7, 11) is -3.12. The highest BCUT2D eigenvalue weighted by Gasteiger charge is 2.41. The van der Waals surface area contributed by atoms with Gasteiger partial charge >= 0.3 is 0 Å². The molecule has 1 saturated heterocycles. The van der Waals surface area contributed by atoms with Gasteiger partial charge in [-0.1, -0.05) is 19.4 Å². The van der Waals surface area contributed by atoms with Crippen molar-refractivity contribution < 1.29 is 8.42 Å². The summed E-state index contributed by atoms with van der Waals surface area (Å²) in [4.78, 5) is 22.6. The lowest BCUT2D eigenvalue weighted by Gasteiger charge is -2.32. The largest absolute Gasteiger partial charge is 0.351 e. The van der Waals surface area contributed by atoms with Crippen LogP contribution < -0.4 is 10.9 Å². The van der Waals surface area contributed by atoms with Gasteiger partial charge in [0.15, 0.2) is 0 Å². The lowest BCUT2D eigenvalue weighted by molar-refractivity contribution is 0.304. The molecule has 2 aromatic rings. The van der Waals surface area contributed by atoms with Crippen molar-refractivity contribution in [2.45, 2.75) is 76.1 Å². The Labute approximate surface area is 195 Å². The number of pyridine rings is 1. The molecular weight excluding hydrogens is 438 g/mol. The summed E-state index contributed by atoms with van der Waals surface area (Å²) >= 11 is 0. The van der Waals surface area contributed by atoms with E-state index in [0.717, 1.165) is 37.5 Å². The molecule has 0 spiro atoms. The molecule has 0 radical (unpaired) electrons. The van der Waals surface area contributed by atoms with Crippen LogP contribution in [-0.2, 0) is 10.0 Å². The fraction of sp³-hybridized carbons (Fsp3) is 0.625. The van der Waals surface area contributed by atoms with E-state index in [2.05, 4.69) is 23.8 Å². The average molecular weight is 472 g/mol. The molecule has 2 atom stereocenters. The molecule has 3 heterocycles. The number of nitrogens with zero attached hydrogens (tertiary/aromatic N) is 4. The Kier molecular flexibility index (Phi) is 5.60. The number of anilines is 1. The van der Waals surface area contributed by atoms with E-state index < -0.39 is 10.0 Å². The molecule has 1 aliphatic heterocycles. The van der Waals surface area contributed by atoms with E-state index in [-0.39, 0.29) is 28.3 Å². The third-order valence-electron chi connectivity index (χ3n) is 7.78. The highest BCUT2D eigenvalue weighted by atomic mass is 32.2. The smallest absolute Gasteiger partial charge is 0.255 e. The molecule has 2 aromatic heterocycles. The van der Waals surface area contributed by atoms with E-state index in [0.29, 0.717) is 43.1 Å². The van der Waals surface area contributed by atoms with Crippen molar-refractivity contribution in [1.82, 2.24) is 18.8 Å². The molecule has 178 valence electrons. The number of fused-ring (bicyclic) bond motifs is 1. The van der Waals surface area contributed by atoms with Gasteiger partial charge in [-0.05, 0) is 51.5 Å². The Bertz CT molecular complexity index is 1240. The Morgan fingerprint density at radius 3 is 2.61 bits per heavy atom. The fourth-order valence-corrected chi connectivity index (χ4v) is 7.34. The molecule has 2 aliphatic carbocycles. The van der Waals surface area contributed by atoms with Gasteiger partial charge in [0.25, 0.3) is 5.56 Å². The van der Waals surface area contributed by atoms with E-state index in [4.69, 9.17) is 4.98 Å². The van der Waals surface area contributed by atoms with Crippen LogP contribution in [0.3, 0.4) is 0 Å². The molecule has 8 nitrogen and oxygen atoms in total. The van der Waals surface area contributed by atoms with Crippen LogP contribution in [0.5, 0.6) is 0 Å². The Morgan fingerprint density at radius 1 is 1.21 bits per heavy atom. The number of allylic oxidation sites excluding steroid dienone is 1. The molecule has 2 saturated carbocycles. The van der Waals surface area contributed by atoms with Crippen LogP contribution in [0.2, 0.25) is 0 Å². The van der Waals surface area contributed by atoms with Crippen molar-refractivity contribution in [3.8, 4) is 0 Å². The molecule has 33 heavy (non-hydrogen) atoms. The van der Waals surface area contributed by atoms with Gasteiger partial charge in [0.05, 0.1) is 5.25 Å². The summed E-state index contributed by atoms with van der Waals surface area (Å²) in [5.41, 5.74) is 1.18. The van der Waals surface area contributed by atoms with Crippen molar-refractivity contribution in [1.29, 1.82) is 0 Å². The van der Waals surface area contributed by atoms with Gasteiger partial charge < -0.3 is 5.32 Å². The maximum atomic E-state index is 13.3. The average Bonchev–Trinajstić information content (AvgIpc) is 3.60. The number of hydrogen-bond donors (Lipinski definition) is 1. The normalized spacial score (nSPS) is 27.2. The molecule has 0 aromatic carbocycles. The molecule has 0 amide bonds. The van der Waals surface area contributed by atoms with Crippen molar-refractivity contribution in [3.63, 3.8) is 0 Å². The third kappa shape index (κ3) is 3.99. The number of piperidine rings is 1. The number of aromatic nitrogens is 3. The zero-order valence-corrected chi connectivity index (χ0v) is 20.3. The summed E-state index contributed by atoms with van der Waals surface area (Å²) in [6, 6.07) is 1.98. The topological polar surface area (TPSA) is 97.2 Å². The van der Waals surface area contributed by atoms with Crippen LogP contribution in [0.25, 0.3) is 11.0 Å². The number of aryl methyl sites for hydroxylation is 1. The molecule has 3 fully saturated rings. The fourth-order valence-electron chi connectivity index (χ4n) is 5.47. The minimum atomic E-state index is -3.12. The zero-order valence-electron chi connectivity index (χ0n) is 19.5. The van der Waals surface area contributed by atoms with Crippen LogP contribution >= 0.6 is 0 Å². The van der Waals surface area contributed by atoms with Crippen LogP contribution in [0.4, 0.5) is 5.95 Å². The van der Waals surface area contributed by atoms with Gasteiger partial charge in [0, 0.05) is 47.7 Å². The van der Waals surface area contributed by atoms with Gasteiger partial charge in [0.2, 0.25) is 16.0 Å². The zero-order chi connectivity index (χ0) is 23.4. The van der Waals surface area contributed by atoms with Gasteiger partial charge in [-0.3, -0.25) is 9.36 Å². The number of sulfonamides is 1. The first kappa shape index (κ1) is 22.5. The summed E-state index contributed by atoms with van der Waals surface area (Å²) < 4.78 is 28.5. The van der Waals surface area contributed by atoms with Crippen molar-refractivity contribution in [2.75, 3.05) is 18.4 Å². The summed E-state index contributed by atoms with van der Waals surface area (Å²) in [6.07, 6.45) is 9.74. The molecule has 0 unspecified atom stereocenters. The van der Waals surface area contributed by atoms with E-state index in [1.165, 1.54) is 0 Å². The standard InChI is InChI=1S/C24H33N5O3S/c1-4-24(3)11-5-6-20(24)29-21-17(14-16(2)22(29)30)15-25-23(27-21)26-18-9-12-28(13-10-18)33(31,32)19-7-8-19/h4,14-15,18-20H,1,5-13H2,2-3H3,(H,25,26,27)/t20-,24-/m1/s1. The van der Waals surface area contributed by atoms with Crippen molar-refractivity contribution in [3.05, 3.63) is 40.8 Å². The Morgan fingerprint density at radius 2 is 1.94 bits per heavy atom. The lowest BCUT2D eigenvalue weighted by atomic mass is 9.84. The number of rotatable bonds is 6. The molecular formula is C24H33N5O3S. The van der Waals surface area contributed by atoms with Gasteiger partial charge in [-0.25, -0.2) is 17.7 Å². The summed E-state index contributed by atoms with van der Waals surface area (Å²) in [5, 5.41) is 4.08. The van der Waals surface area contributed by atoms with Crippen molar-refractivity contribution >= 4 is 27.0 Å². The number of hydrogen-bond acceptors (Lipinski definition) is 6. The Hall–Kier alpha value is -2.26. The third-order valence-corrected chi connectivity index (χ3v) is 10.2.